The van der Waals surface area contributed by atoms with Gasteiger partial charge in [0.1, 0.15) is 6.54 Å². The highest BCUT2D eigenvalue weighted by atomic mass is 16.4. The molecule has 1 aromatic heterocycles. The summed E-state index contributed by atoms with van der Waals surface area (Å²) in [6.07, 6.45) is 0.812. The van der Waals surface area contributed by atoms with Gasteiger partial charge >= 0.3 is 11.7 Å². The number of hydrogen-bond acceptors (Lipinski definition) is 3. The monoisotopic (exact) mass is 367 g/mol. The maximum Gasteiger partial charge on any atom is 0.326 e. The number of carboxylic acids is 1. The van der Waals surface area contributed by atoms with Gasteiger partial charge in [-0.15, -0.1) is 0 Å². The van der Waals surface area contributed by atoms with Crippen molar-refractivity contribution in [2.24, 2.45) is 0 Å². The fourth-order valence-corrected chi connectivity index (χ4v) is 3.10. The van der Waals surface area contributed by atoms with Crippen LogP contribution < -0.4 is 11.0 Å². The number of H-pyrrole nitrogens is 1. The highest BCUT2D eigenvalue weighted by molar-refractivity contribution is 5.80. The number of amides is 1. The number of carbonyl (C=O) groups is 2. The topological polar surface area (TPSA) is 104 Å². The van der Waals surface area contributed by atoms with Crippen molar-refractivity contribution in [2.45, 2.75) is 31.8 Å². The zero-order valence-electron chi connectivity index (χ0n) is 14.7. The van der Waals surface area contributed by atoms with Crippen molar-refractivity contribution in [2.75, 3.05) is 0 Å². The van der Waals surface area contributed by atoms with E-state index >= 15 is 0 Å². The summed E-state index contributed by atoms with van der Waals surface area (Å²) in [7, 11) is 0. The minimum Gasteiger partial charge on any atom is -0.481 e. The van der Waals surface area contributed by atoms with Gasteiger partial charge in [0.05, 0.1) is 11.0 Å². The molecule has 0 aliphatic heterocycles. The van der Waals surface area contributed by atoms with E-state index in [1.807, 2.05) is 36.4 Å². The Kier molecular flexibility index (Phi) is 5.71. The standard InChI is InChI=1S/C20H21N3O4/c24-18(13-23-17-9-5-4-8-16(17)22-20(23)27)21-15(10-11-19(25)26)12-14-6-2-1-3-7-14/h1-9,15H,10-13H2,(H,21,24)(H,22,27)(H,25,26). The third kappa shape index (κ3) is 4.84. The van der Waals surface area contributed by atoms with E-state index < -0.39 is 5.97 Å². The molecule has 0 fully saturated rings. The molecule has 7 nitrogen and oxygen atoms in total. The van der Waals surface area contributed by atoms with E-state index in [0.29, 0.717) is 23.9 Å². The number of imidazole rings is 1. The zero-order valence-corrected chi connectivity index (χ0v) is 14.7. The summed E-state index contributed by atoms with van der Waals surface area (Å²) in [4.78, 5) is 38.3. The number of hydrogen-bond donors (Lipinski definition) is 3. The fourth-order valence-electron chi connectivity index (χ4n) is 3.10. The summed E-state index contributed by atoms with van der Waals surface area (Å²) in [5.74, 6) is -1.23. The maximum absolute atomic E-state index is 12.5. The van der Waals surface area contributed by atoms with Crippen molar-refractivity contribution in [1.82, 2.24) is 14.9 Å². The Bertz CT molecular complexity index is 991. The Morgan fingerprint density at radius 1 is 1.07 bits per heavy atom. The lowest BCUT2D eigenvalue weighted by Crippen LogP contribution is -2.40. The molecule has 7 heteroatoms. The van der Waals surface area contributed by atoms with Gasteiger partial charge in [0, 0.05) is 12.5 Å². The number of aliphatic carboxylic acids is 1. The van der Waals surface area contributed by atoms with Gasteiger partial charge in [-0.2, -0.15) is 0 Å². The molecule has 1 heterocycles. The molecular weight excluding hydrogens is 346 g/mol. The van der Waals surface area contributed by atoms with Crippen molar-refractivity contribution in [3.05, 3.63) is 70.6 Å². The van der Waals surface area contributed by atoms with Gasteiger partial charge in [0.25, 0.3) is 0 Å². The molecule has 0 aliphatic carbocycles. The van der Waals surface area contributed by atoms with Gasteiger partial charge in [-0.25, -0.2) is 4.79 Å². The van der Waals surface area contributed by atoms with E-state index in [1.54, 1.807) is 18.2 Å². The average molecular weight is 367 g/mol. The maximum atomic E-state index is 12.5. The number of benzene rings is 2. The second kappa shape index (κ2) is 8.35. The number of nitrogens with zero attached hydrogens (tertiary/aromatic N) is 1. The molecule has 1 amide bonds. The third-order valence-corrected chi connectivity index (χ3v) is 4.38. The zero-order chi connectivity index (χ0) is 19.2. The van der Waals surface area contributed by atoms with E-state index in [0.717, 1.165) is 5.56 Å². The smallest absolute Gasteiger partial charge is 0.326 e. The molecule has 0 bridgehead atoms. The van der Waals surface area contributed by atoms with Crippen LogP contribution in [0.15, 0.2) is 59.4 Å². The van der Waals surface area contributed by atoms with Crippen LogP contribution >= 0.6 is 0 Å². The first-order valence-corrected chi connectivity index (χ1v) is 8.75. The Morgan fingerprint density at radius 3 is 2.52 bits per heavy atom. The number of para-hydroxylation sites is 2. The summed E-state index contributed by atoms with van der Waals surface area (Å²) >= 11 is 0. The molecule has 0 aliphatic rings. The first-order chi connectivity index (χ1) is 13.0. The summed E-state index contributed by atoms with van der Waals surface area (Å²) in [5, 5.41) is 11.8. The lowest BCUT2D eigenvalue weighted by atomic mass is 10.0. The average Bonchev–Trinajstić information content (AvgIpc) is 2.96. The lowest BCUT2D eigenvalue weighted by Gasteiger charge is -2.18. The van der Waals surface area contributed by atoms with Crippen LogP contribution in [0.25, 0.3) is 11.0 Å². The van der Waals surface area contributed by atoms with Gasteiger partial charge in [0.15, 0.2) is 0 Å². The highest BCUT2D eigenvalue weighted by Crippen LogP contribution is 2.10. The quantitative estimate of drug-likeness (QED) is 0.566. The first-order valence-electron chi connectivity index (χ1n) is 8.75. The van der Waals surface area contributed by atoms with Crippen molar-refractivity contribution in [3.8, 4) is 0 Å². The Hall–Kier alpha value is -3.35. The van der Waals surface area contributed by atoms with Crippen LogP contribution in [-0.4, -0.2) is 32.6 Å². The fraction of sp³-hybridized carbons (Fsp3) is 0.250. The van der Waals surface area contributed by atoms with Crippen LogP contribution in [0.1, 0.15) is 18.4 Å². The van der Waals surface area contributed by atoms with Crippen molar-refractivity contribution in [3.63, 3.8) is 0 Å². The first kappa shape index (κ1) is 18.4. The number of carbonyl (C=O) groups excluding carboxylic acids is 1. The highest BCUT2D eigenvalue weighted by Gasteiger charge is 2.17. The van der Waals surface area contributed by atoms with E-state index in [2.05, 4.69) is 10.3 Å². The molecule has 140 valence electrons. The van der Waals surface area contributed by atoms with Crippen LogP contribution in [0.4, 0.5) is 0 Å². The molecule has 1 unspecified atom stereocenters. The number of aromatic nitrogens is 2. The third-order valence-electron chi connectivity index (χ3n) is 4.38. The Balaban J connectivity index is 1.72. The van der Waals surface area contributed by atoms with Gasteiger partial charge in [-0.3, -0.25) is 14.2 Å². The van der Waals surface area contributed by atoms with Crippen LogP contribution in [0.2, 0.25) is 0 Å². The normalized spacial score (nSPS) is 12.0. The number of carboxylic acid groups (broad SMARTS) is 1. The molecule has 2 aromatic carbocycles. The van der Waals surface area contributed by atoms with E-state index in [-0.39, 0.29) is 30.6 Å². The molecule has 3 rings (SSSR count). The predicted octanol–water partition coefficient (Wildman–Crippen LogP) is 1.92. The molecule has 0 radical (unpaired) electrons. The number of rotatable bonds is 8. The number of nitrogens with one attached hydrogen (secondary N) is 2. The largest absolute Gasteiger partial charge is 0.481 e. The Morgan fingerprint density at radius 2 is 1.78 bits per heavy atom. The van der Waals surface area contributed by atoms with Gasteiger partial charge in [-0.1, -0.05) is 42.5 Å². The second-order valence-electron chi connectivity index (χ2n) is 6.42. The summed E-state index contributed by atoms with van der Waals surface area (Å²) < 4.78 is 1.38. The molecule has 0 spiro atoms. The second-order valence-corrected chi connectivity index (χ2v) is 6.42. The Labute approximate surface area is 155 Å². The van der Waals surface area contributed by atoms with E-state index in [4.69, 9.17) is 5.11 Å². The molecule has 0 saturated heterocycles. The predicted molar refractivity (Wildman–Crippen MR) is 102 cm³/mol. The molecule has 0 saturated carbocycles. The molecule has 27 heavy (non-hydrogen) atoms. The van der Waals surface area contributed by atoms with Crippen molar-refractivity contribution in [1.29, 1.82) is 0 Å². The number of aromatic amines is 1. The molecule has 1 atom stereocenters. The minimum absolute atomic E-state index is 0.0369. The van der Waals surface area contributed by atoms with Crippen LogP contribution in [0.5, 0.6) is 0 Å². The van der Waals surface area contributed by atoms with E-state index in [9.17, 15) is 14.4 Å². The lowest BCUT2D eigenvalue weighted by molar-refractivity contribution is -0.137. The van der Waals surface area contributed by atoms with Crippen LogP contribution in [0.3, 0.4) is 0 Å². The summed E-state index contributed by atoms with van der Waals surface area (Å²) in [6.45, 7) is -0.124. The van der Waals surface area contributed by atoms with Crippen LogP contribution in [-0.2, 0) is 22.6 Å². The number of fused-ring (bicyclic) bond motifs is 1. The summed E-state index contributed by atoms with van der Waals surface area (Å²) in [5.41, 5.74) is 1.98. The molecule has 3 aromatic rings. The van der Waals surface area contributed by atoms with Crippen molar-refractivity contribution < 1.29 is 14.7 Å². The van der Waals surface area contributed by atoms with Crippen LogP contribution in [0, 0.1) is 0 Å². The minimum atomic E-state index is -0.907. The molecule has 3 N–H and O–H groups in total. The molecular formula is C20H21N3O4. The van der Waals surface area contributed by atoms with Crippen molar-refractivity contribution >= 4 is 22.9 Å². The SMILES string of the molecule is O=C(O)CCC(Cc1ccccc1)NC(=O)Cn1c(=O)[nH]c2ccccc21. The van der Waals surface area contributed by atoms with E-state index in [1.165, 1.54) is 4.57 Å². The van der Waals surface area contributed by atoms with Gasteiger partial charge < -0.3 is 15.4 Å². The van der Waals surface area contributed by atoms with Gasteiger partial charge in [0.2, 0.25) is 5.91 Å². The van der Waals surface area contributed by atoms with Gasteiger partial charge in [-0.05, 0) is 30.5 Å². The summed E-state index contributed by atoms with van der Waals surface area (Å²) in [6, 6.07) is 16.4.